The molecule has 0 amide bonds. The van der Waals surface area contributed by atoms with Gasteiger partial charge in [0.05, 0.1) is 0 Å². The topological polar surface area (TPSA) is 46.3 Å². The van der Waals surface area contributed by atoms with Crippen molar-refractivity contribution in [2.75, 3.05) is 11.4 Å². The fourth-order valence-corrected chi connectivity index (χ4v) is 4.37. The highest BCUT2D eigenvalue weighted by atomic mass is 32.1. The third-order valence-corrected chi connectivity index (χ3v) is 5.70. The molecule has 1 aromatic carbocycles. The molecule has 0 N–H and O–H groups in total. The number of thiophene rings is 1. The number of hydrogen-bond acceptors (Lipinski definition) is 5. The zero-order chi connectivity index (χ0) is 17.3. The van der Waals surface area contributed by atoms with Crippen LogP contribution in [0.3, 0.4) is 0 Å². The summed E-state index contributed by atoms with van der Waals surface area (Å²) in [5.74, 6) is 1.81. The third-order valence-electron chi connectivity index (χ3n) is 5.01. The Bertz CT molecular complexity index is 1010. The van der Waals surface area contributed by atoms with Gasteiger partial charge in [-0.2, -0.15) is 15.9 Å². The Morgan fingerprint density at radius 2 is 1.96 bits per heavy atom. The van der Waals surface area contributed by atoms with Crippen LogP contribution in [-0.2, 0) is 6.42 Å². The predicted octanol–water partition coefficient (Wildman–Crippen LogP) is 4.06. The molecule has 0 saturated carbocycles. The third kappa shape index (κ3) is 2.76. The molecule has 1 aliphatic heterocycles. The van der Waals surface area contributed by atoms with E-state index in [1.54, 1.807) is 11.3 Å². The molecule has 26 heavy (non-hydrogen) atoms. The molecule has 3 aromatic heterocycles. The lowest BCUT2D eigenvalue weighted by molar-refractivity contribution is 0.652. The van der Waals surface area contributed by atoms with Gasteiger partial charge in [-0.05, 0) is 48.4 Å². The first-order chi connectivity index (χ1) is 12.9. The minimum absolute atomic E-state index is 0.489. The van der Waals surface area contributed by atoms with Gasteiger partial charge in [0, 0.05) is 23.5 Å². The van der Waals surface area contributed by atoms with Crippen molar-refractivity contribution in [3.05, 3.63) is 64.9 Å². The summed E-state index contributed by atoms with van der Waals surface area (Å²) < 4.78 is 1.87. The van der Waals surface area contributed by atoms with E-state index < -0.39 is 0 Å². The molecule has 5 rings (SSSR count). The molecule has 0 bridgehead atoms. The second kappa shape index (κ2) is 6.53. The zero-order valence-corrected chi connectivity index (χ0v) is 15.1. The summed E-state index contributed by atoms with van der Waals surface area (Å²) in [6.07, 6.45) is 3.46. The number of nitrogens with zero attached hydrogens (tertiary/aromatic N) is 5. The molecule has 1 unspecified atom stereocenters. The Labute approximate surface area is 155 Å². The summed E-state index contributed by atoms with van der Waals surface area (Å²) in [6.45, 7) is 1.05. The van der Waals surface area contributed by atoms with E-state index in [1.165, 1.54) is 18.4 Å². The number of rotatable bonds is 4. The maximum Gasteiger partial charge on any atom is 0.186 e. The summed E-state index contributed by atoms with van der Waals surface area (Å²) in [7, 11) is 0. The van der Waals surface area contributed by atoms with Crippen molar-refractivity contribution in [1.82, 2.24) is 19.8 Å². The second-order valence-corrected chi connectivity index (χ2v) is 7.46. The molecule has 0 aliphatic carbocycles. The van der Waals surface area contributed by atoms with Crippen LogP contribution in [0.1, 0.15) is 18.4 Å². The average molecular weight is 361 g/mol. The van der Waals surface area contributed by atoms with Gasteiger partial charge < -0.3 is 4.90 Å². The maximum absolute atomic E-state index is 4.89. The van der Waals surface area contributed by atoms with Crippen molar-refractivity contribution in [2.24, 2.45) is 0 Å². The predicted molar refractivity (Wildman–Crippen MR) is 105 cm³/mol. The van der Waals surface area contributed by atoms with Crippen LogP contribution < -0.4 is 4.90 Å². The van der Waals surface area contributed by atoms with Gasteiger partial charge in [0.15, 0.2) is 11.5 Å². The van der Waals surface area contributed by atoms with Crippen molar-refractivity contribution >= 4 is 22.8 Å². The molecule has 4 heterocycles. The van der Waals surface area contributed by atoms with Crippen molar-refractivity contribution < 1.29 is 0 Å². The van der Waals surface area contributed by atoms with Crippen molar-refractivity contribution in [2.45, 2.75) is 25.3 Å². The van der Waals surface area contributed by atoms with E-state index in [0.29, 0.717) is 6.04 Å². The summed E-state index contributed by atoms with van der Waals surface area (Å²) in [6, 6.07) is 17.4. The Morgan fingerprint density at radius 3 is 2.81 bits per heavy atom. The fraction of sp³-hybridized carbons (Fsp3) is 0.250. The van der Waals surface area contributed by atoms with Crippen LogP contribution in [0, 0.1) is 0 Å². The molecular formula is C20H19N5S. The van der Waals surface area contributed by atoms with E-state index in [9.17, 15) is 0 Å². The lowest BCUT2D eigenvalue weighted by atomic mass is 10.0. The van der Waals surface area contributed by atoms with E-state index in [2.05, 4.69) is 68.3 Å². The van der Waals surface area contributed by atoms with E-state index >= 15 is 0 Å². The molecule has 0 radical (unpaired) electrons. The summed E-state index contributed by atoms with van der Waals surface area (Å²) in [5, 5.41) is 17.6. The van der Waals surface area contributed by atoms with Crippen molar-refractivity contribution in [3.63, 3.8) is 0 Å². The van der Waals surface area contributed by atoms with Crippen molar-refractivity contribution in [3.8, 4) is 11.4 Å². The molecule has 6 heteroatoms. The van der Waals surface area contributed by atoms with Gasteiger partial charge >= 0.3 is 0 Å². The lowest BCUT2D eigenvalue weighted by Crippen LogP contribution is -2.32. The van der Waals surface area contributed by atoms with Crippen LogP contribution >= 0.6 is 11.3 Å². The van der Waals surface area contributed by atoms with Gasteiger partial charge in [0.25, 0.3) is 0 Å². The van der Waals surface area contributed by atoms with E-state index in [-0.39, 0.29) is 0 Å². The van der Waals surface area contributed by atoms with Crippen LogP contribution in [-0.4, -0.2) is 32.4 Å². The van der Waals surface area contributed by atoms with E-state index in [4.69, 9.17) is 5.10 Å². The minimum Gasteiger partial charge on any atom is -0.352 e. The van der Waals surface area contributed by atoms with Gasteiger partial charge in [0.1, 0.15) is 5.82 Å². The normalized spacial score (nSPS) is 17.2. The van der Waals surface area contributed by atoms with Gasteiger partial charge in [-0.25, -0.2) is 0 Å². The van der Waals surface area contributed by atoms with E-state index in [0.717, 1.165) is 35.8 Å². The molecular weight excluding hydrogens is 342 g/mol. The number of benzene rings is 1. The molecule has 0 spiro atoms. The quantitative estimate of drug-likeness (QED) is 0.550. The first kappa shape index (κ1) is 15.5. The van der Waals surface area contributed by atoms with E-state index in [1.807, 2.05) is 10.6 Å². The fourth-order valence-electron chi connectivity index (χ4n) is 3.74. The monoisotopic (exact) mass is 361 g/mol. The van der Waals surface area contributed by atoms with Gasteiger partial charge in [-0.1, -0.05) is 30.3 Å². The highest BCUT2D eigenvalue weighted by molar-refractivity contribution is 7.08. The second-order valence-electron chi connectivity index (χ2n) is 6.68. The number of fused-ring (bicyclic) bond motifs is 1. The van der Waals surface area contributed by atoms with Gasteiger partial charge in [-0.15, -0.1) is 15.3 Å². The standard InChI is InChI=1S/C20H19N5S/c1-2-5-15(6-3-1)13-17-7-4-11-24(17)19-9-8-18-21-22-20(25(18)23-19)16-10-12-26-14-16/h1-3,5-6,8-10,12,14,17H,4,7,11,13H2. The summed E-state index contributed by atoms with van der Waals surface area (Å²) >= 11 is 1.66. The average Bonchev–Trinajstić information content (AvgIpc) is 3.42. The molecule has 1 saturated heterocycles. The Kier molecular flexibility index (Phi) is 3.90. The van der Waals surface area contributed by atoms with Crippen LogP contribution in [0.15, 0.2) is 59.3 Å². The zero-order valence-electron chi connectivity index (χ0n) is 14.3. The van der Waals surface area contributed by atoms with Gasteiger partial charge in [-0.3, -0.25) is 0 Å². The first-order valence-electron chi connectivity index (χ1n) is 8.94. The Hall–Kier alpha value is -2.73. The number of anilines is 1. The molecule has 1 atom stereocenters. The Morgan fingerprint density at radius 1 is 1.04 bits per heavy atom. The van der Waals surface area contributed by atoms with Crippen LogP contribution in [0.5, 0.6) is 0 Å². The molecule has 130 valence electrons. The lowest BCUT2D eigenvalue weighted by Gasteiger charge is -2.25. The maximum atomic E-state index is 4.89. The van der Waals surface area contributed by atoms with Crippen LogP contribution in [0.2, 0.25) is 0 Å². The van der Waals surface area contributed by atoms with Crippen LogP contribution in [0.25, 0.3) is 17.0 Å². The molecule has 1 aliphatic rings. The van der Waals surface area contributed by atoms with Gasteiger partial charge in [0.2, 0.25) is 0 Å². The molecule has 1 fully saturated rings. The molecule has 4 aromatic rings. The highest BCUT2D eigenvalue weighted by Gasteiger charge is 2.26. The summed E-state index contributed by atoms with van der Waals surface area (Å²) in [4.78, 5) is 2.43. The van der Waals surface area contributed by atoms with Crippen molar-refractivity contribution in [1.29, 1.82) is 0 Å². The molecule has 5 nitrogen and oxygen atoms in total. The first-order valence-corrected chi connectivity index (χ1v) is 9.88. The largest absolute Gasteiger partial charge is 0.352 e. The Balaban J connectivity index is 1.49. The highest BCUT2D eigenvalue weighted by Crippen LogP contribution is 2.27. The smallest absolute Gasteiger partial charge is 0.186 e. The number of hydrogen-bond donors (Lipinski definition) is 0. The SMILES string of the molecule is c1ccc(CC2CCCN2c2ccc3nnc(-c4ccsc4)n3n2)cc1. The number of aromatic nitrogens is 4. The minimum atomic E-state index is 0.489. The van der Waals surface area contributed by atoms with Crippen LogP contribution in [0.4, 0.5) is 5.82 Å². The summed E-state index contributed by atoms with van der Waals surface area (Å²) in [5.41, 5.74) is 3.23.